The molecule has 0 spiro atoms. The van der Waals surface area contributed by atoms with E-state index in [-0.39, 0.29) is 0 Å². The van der Waals surface area contributed by atoms with Crippen molar-refractivity contribution in [2.75, 3.05) is 0 Å². The molecule has 0 radical (unpaired) electrons. The van der Waals surface area contributed by atoms with E-state index < -0.39 is 0 Å². The molecule has 0 saturated heterocycles. The van der Waals surface area contributed by atoms with E-state index in [4.69, 9.17) is 1.37 Å². The Morgan fingerprint density at radius 3 is 1.65 bits per heavy atom. The molecule has 228 valence electrons. The third kappa shape index (κ3) is 4.58. The van der Waals surface area contributed by atoms with Gasteiger partial charge in [0.15, 0.2) is 0 Å². The zero-order valence-corrected chi connectivity index (χ0v) is 27.5. The van der Waals surface area contributed by atoms with Gasteiger partial charge in [0.05, 0.1) is 1.37 Å². The maximum absolute atomic E-state index is 8.07. The van der Waals surface area contributed by atoms with Crippen molar-refractivity contribution in [3.8, 4) is 44.5 Å². The predicted molar refractivity (Wildman–Crippen MR) is 214 cm³/mol. The predicted octanol–water partition coefficient (Wildman–Crippen LogP) is 14.2. The van der Waals surface area contributed by atoms with Crippen molar-refractivity contribution < 1.29 is 1.37 Å². The Hall–Kier alpha value is -6.02. The minimum absolute atomic E-state index is 0.534. The van der Waals surface area contributed by atoms with Crippen LogP contribution in [0.3, 0.4) is 0 Å². The van der Waals surface area contributed by atoms with Crippen LogP contribution in [0.1, 0.15) is 1.37 Å². The minimum atomic E-state index is 0.534. The average Bonchev–Trinajstić information content (AvgIpc) is 3.55. The van der Waals surface area contributed by atoms with Crippen LogP contribution in [0.5, 0.6) is 0 Å². The molecule has 0 aliphatic rings. The molecule has 0 aliphatic heterocycles. The maximum Gasteiger partial charge on any atom is 0.0623 e. The third-order valence-corrected chi connectivity index (χ3v) is 11.2. The van der Waals surface area contributed by atoms with Gasteiger partial charge in [-0.3, -0.25) is 0 Å². The molecule has 1 heteroatoms. The Morgan fingerprint density at radius 1 is 0.327 bits per heavy atom. The van der Waals surface area contributed by atoms with Crippen LogP contribution in [0.25, 0.3) is 97.0 Å². The molecule has 1 heterocycles. The fourth-order valence-corrected chi connectivity index (χ4v) is 8.80. The molecular formula is C48H30S. The van der Waals surface area contributed by atoms with Gasteiger partial charge in [0.1, 0.15) is 0 Å². The quantitative estimate of drug-likeness (QED) is 0.168. The molecule has 10 aromatic rings. The lowest BCUT2D eigenvalue weighted by Crippen LogP contribution is -1.92. The highest BCUT2D eigenvalue weighted by molar-refractivity contribution is 7.25. The first-order valence-corrected chi connectivity index (χ1v) is 17.6. The second-order valence-electron chi connectivity index (χ2n) is 12.8. The van der Waals surface area contributed by atoms with Gasteiger partial charge >= 0.3 is 0 Å². The van der Waals surface area contributed by atoms with Gasteiger partial charge in [-0.25, -0.2) is 0 Å². The Kier molecular flexibility index (Phi) is 6.22. The van der Waals surface area contributed by atoms with Crippen molar-refractivity contribution in [1.82, 2.24) is 0 Å². The largest absolute Gasteiger partial charge is 0.135 e. The van der Waals surface area contributed by atoms with Crippen LogP contribution in [-0.2, 0) is 0 Å². The molecule has 10 rings (SSSR count). The summed E-state index contributed by atoms with van der Waals surface area (Å²) in [6.45, 7) is 0. The maximum atomic E-state index is 8.07. The summed E-state index contributed by atoms with van der Waals surface area (Å²) < 4.78 is 10.7. The minimum Gasteiger partial charge on any atom is -0.135 e. The summed E-state index contributed by atoms with van der Waals surface area (Å²) in [6.07, 6.45) is 0. The number of thiophene rings is 1. The van der Waals surface area contributed by atoms with Gasteiger partial charge in [-0.05, 0) is 101 Å². The van der Waals surface area contributed by atoms with E-state index in [1.54, 1.807) is 0 Å². The first kappa shape index (κ1) is 27.0. The number of hydrogen-bond donors (Lipinski definition) is 0. The second kappa shape index (κ2) is 11.3. The van der Waals surface area contributed by atoms with Gasteiger partial charge in [0, 0.05) is 20.2 Å². The van der Waals surface area contributed by atoms with Gasteiger partial charge in [-0.1, -0.05) is 158 Å². The molecule has 0 unspecified atom stereocenters. The highest BCUT2D eigenvalue weighted by Crippen LogP contribution is 2.46. The molecule has 0 fully saturated rings. The summed E-state index contributed by atoms with van der Waals surface area (Å²) >= 11 is 1.86. The fourth-order valence-electron chi connectivity index (χ4n) is 7.71. The van der Waals surface area contributed by atoms with E-state index in [0.717, 1.165) is 10.8 Å². The van der Waals surface area contributed by atoms with Crippen LogP contribution >= 0.6 is 11.3 Å². The number of hydrogen-bond acceptors (Lipinski definition) is 1. The first-order chi connectivity index (χ1) is 24.7. The van der Waals surface area contributed by atoms with Crippen LogP contribution in [0.15, 0.2) is 182 Å². The summed E-state index contributed by atoms with van der Waals surface area (Å²) in [4.78, 5) is 0. The topological polar surface area (TPSA) is 0 Å². The molecule has 49 heavy (non-hydrogen) atoms. The van der Waals surface area contributed by atoms with Crippen molar-refractivity contribution >= 4 is 63.8 Å². The summed E-state index contributed by atoms with van der Waals surface area (Å²) in [5, 5.41) is 9.86. The van der Waals surface area contributed by atoms with E-state index in [1.165, 1.54) is 86.2 Å². The van der Waals surface area contributed by atoms with Gasteiger partial charge < -0.3 is 0 Å². The zero-order chi connectivity index (χ0) is 33.2. The van der Waals surface area contributed by atoms with E-state index in [0.29, 0.717) is 6.04 Å². The van der Waals surface area contributed by atoms with Crippen LogP contribution in [0.4, 0.5) is 0 Å². The SMILES string of the molecule is [2H]c1ccc2cc(-c3ccccc3-c3c4ccccc4c(-c4ccc(-c5ccc6sc7ccccc7c6c5)cc4)c4ccccc34)ccc2c1. The molecule has 0 nitrogen and oxygen atoms in total. The number of rotatable bonds is 4. The standard InChI is InChI=1S/C48H30S/c1-2-12-34-29-36(26-23-31(34)11-1)37-13-3-4-15-39(37)48-42-18-7-5-16-40(42)47(41-17-6-8-19-43(41)48)33-24-21-32(22-25-33)35-27-28-46-44(30-35)38-14-9-10-20-45(38)49-46/h1-30H/i1D. The van der Waals surface area contributed by atoms with E-state index in [9.17, 15) is 0 Å². The summed E-state index contributed by atoms with van der Waals surface area (Å²) in [5.74, 6) is 0. The zero-order valence-electron chi connectivity index (χ0n) is 27.7. The summed E-state index contributed by atoms with van der Waals surface area (Å²) in [5.41, 5.74) is 9.79. The van der Waals surface area contributed by atoms with Crippen molar-refractivity contribution in [1.29, 1.82) is 0 Å². The van der Waals surface area contributed by atoms with Crippen LogP contribution < -0.4 is 0 Å². The van der Waals surface area contributed by atoms with Gasteiger partial charge in [0.25, 0.3) is 0 Å². The van der Waals surface area contributed by atoms with Gasteiger partial charge in [-0.15, -0.1) is 11.3 Å². The highest BCUT2D eigenvalue weighted by atomic mass is 32.1. The second-order valence-corrected chi connectivity index (χ2v) is 13.8. The summed E-state index contributed by atoms with van der Waals surface area (Å²) in [6, 6.07) is 64.3. The van der Waals surface area contributed by atoms with Crippen molar-refractivity contribution in [3.63, 3.8) is 0 Å². The number of fused-ring (bicyclic) bond motifs is 6. The molecular weight excluding hydrogens is 609 g/mol. The van der Waals surface area contributed by atoms with E-state index in [2.05, 4.69) is 164 Å². The molecule has 0 saturated carbocycles. The molecule has 0 amide bonds. The fraction of sp³-hybridized carbons (Fsp3) is 0. The summed E-state index contributed by atoms with van der Waals surface area (Å²) in [7, 11) is 0. The molecule has 1 aromatic heterocycles. The average molecular weight is 640 g/mol. The van der Waals surface area contributed by atoms with Gasteiger partial charge in [-0.2, -0.15) is 0 Å². The lowest BCUT2D eigenvalue weighted by Gasteiger charge is -2.20. The molecule has 0 atom stereocenters. The van der Waals surface area contributed by atoms with Crippen LogP contribution in [0.2, 0.25) is 0 Å². The van der Waals surface area contributed by atoms with Crippen LogP contribution in [-0.4, -0.2) is 0 Å². The normalized spacial score (nSPS) is 12.0. The lowest BCUT2D eigenvalue weighted by molar-refractivity contribution is 1.62. The smallest absolute Gasteiger partial charge is 0.0623 e. The molecule has 0 bridgehead atoms. The van der Waals surface area contributed by atoms with Crippen LogP contribution in [0, 0.1) is 0 Å². The molecule has 0 N–H and O–H groups in total. The van der Waals surface area contributed by atoms with Gasteiger partial charge in [0.2, 0.25) is 0 Å². The van der Waals surface area contributed by atoms with E-state index in [1.807, 2.05) is 23.5 Å². The Labute approximate surface area is 290 Å². The lowest BCUT2D eigenvalue weighted by atomic mass is 9.83. The Bertz CT molecular complexity index is 2870. The first-order valence-electron chi connectivity index (χ1n) is 17.3. The Morgan fingerprint density at radius 2 is 0.898 bits per heavy atom. The van der Waals surface area contributed by atoms with Crippen molar-refractivity contribution in [2.45, 2.75) is 0 Å². The molecule has 9 aromatic carbocycles. The molecule has 0 aliphatic carbocycles. The monoisotopic (exact) mass is 639 g/mol. The van der Waals surface area contributed by atoms with E-state index >= 15 is 0 Å². The Balaban J connectivity index is 1.14. The number of benzene rings is 9. The highest BCUT2D eigenvalue weighted by Gasteiger charge is 2.19. The van der Waals surface area contributed by atoms with Crippen molar-refractivity contribution in [3.05, 3.63) is 182 Å². The van der Waals surface area contributed by atoms with Crippen molar-refractivity contribution in [2.24, 2.45) is 0 Å². The third-order valence-electron chi connectivity index (χ3n) is 10.0.